The van der Waals surface area contributed by atoms with Crippen molar-refractivity contribution in [2.45, 2.75) is 0 Å². The molecule has 0 radical (unpaired) electrons. The van der Waals surface area contributed by atoms with E-state index in [-0.39, 0.29) is 0 Å². The van der Waals surface area contributed by atoms with E-state index in [9.17, 15) is 22.4 Å². The maximum absolute atomic E-state index is 13.3. The first-order valence-electron chi connectivity index (χ1n) is 4.94. The molecule has 0 aliphatic carbocycles. The molecule has 92 valence electrons. The first-order chi connectivity index (χ1) is 8.50. The van der Waals surface area contributed by atoms with Crippen LogP contribution in [0.1, 0.15) is 15.9 Å². The highest BCUT2D eigenvalue weighted by molar-refractivity contribution is 6.09. The van der Waals surface area contributed by atoms with Gasteiger partial charge in [0.2, 0.25) is 5.78 Å². The van der Waals surface area contributed by atoms with Crippen LogP contribution in [0, 0.1) is 23.3 Å². The van der Waals surface area contributed by atoms with Gasteiger partial charge in [0.1, 0.15) is 23.3 Å². The Morgan fingerprint density at radius 3 is 2.06 bits per heavy atom. The van der Waals surface area contributed by atoms with Crippen LogP contribution < -0.4 is 0 Å². The maximum Gasteiger partial charge on any atom is 0.201 e. The van der Waals surface area contributed by atoms with E-state index < -0.39 is 40.2 Å². The van der Waals surface area contributed by atoms with Gasteiger partial charge in [-0.2, -0.15) is 0 Å². The van der Waals surface area contributed by atoms with Crippen molar-refractivity contribution in [2.24, 2.45) is 0 Å². The fourth-order valence-electron chi connectivity index (χ4n) is 1.52. The van der Waals surface area contributed by atoms with Crippen LogP contribution in [0.15, 0.2) is 36.4 Å². The predicted molar refractivity (Wildman–Crippen MR) is 56.1 cm³/mol. The Bertz CT molecular complexity index is 602. The summed E-state index contributed by atoms with van der Waals surface area (Å²) < 4.78 is 52.9. The predicted octanol–water partition coefficient (Wildman–Crippen LogP) is 3.47. The molecular formula is C13H6F4O. The molecule has 0 bridgehead atoms. The van der Waals surface area contributed by atoms with Crippen molar-refractivity contribution in [2.75, 3.05) is 0 Å². The molecular weight excluding hydrogens is 248 g/mol. The average Bonchev–Trinajstić information content (AvgIpc) is 2.32. The minimum atomic E-state index is -1.23. The molecule has 0 aliphatic heterocycles. The molecule has 18 heavy (non-hydrogen) atoms. The molecule has 2 rings (SSSR count). The van der Waals surface area contributed by atoms with Crippen LogP contribution in [-0.2, 0) is 0 Å². The summed E-state index contributed by atoms with van der Waals surface area (Å²) in [4.78, 5) is 11.8. The van der Waals surface area contributed by atoms with Crippen molar-refractivity contribution in [1.82, 2.24) is 0 Å². The summed E-state index contributed by atoms with van der Waals surface area (Å²) in [6.45, 7) is 0. The van der Waals surface area contributed by atoms with E-state index in [0.29, 0.717) is 6.07 Å². The molecule has 0 aromatic heterocycles. The molecule has 0 atom stereocenters. The lowest BCUT2D eigenvalue weighted by Gasteiger charge is -2.05. The Labute approximate surface area is 99.7 Å². The van der Waals surface area contributed by atoms with Gasteiger partial charge in [0, 0.05) is 0 Å². The first kappa shape index (κ1) is 12.3. The minimum Gasteiger partial charge on any atom is -0.288 e. The molecule has 0 unspecified atom stereocenters. The summed E-state index contributed by atoms with van der Waals surface area (Å²) >= 11 is 0. The second kappa shape index (κ2) is 4.60. The molecule has 2 aromatic rings. The number of benzene rings is 2. The lowest BCUT2D eigenvalue weighted by Crippen LogP contribution is -2.09. The number of carbonyl (C=O) groups excluding carboxylic acids is 1. The topological polar surface area (TPSA) is 17.1 Å². The second-order valence-corrected chi connectivity index (χ2v) is 3.55. The smallest absolute Gasteiger partial charge is 0.201 e. The van der Waals surface area contributed by atoms with Gasteiger partial charge in [0.25, 0.3) is 0 Å². The highest BCUT2D eigenvalue weighted by Crippen LogP contribution is 2.19. The molecule has 1 nitrogen and oxygen atoms in total. The summed E-state index contributed by atoms with van der Waals surface area (Å²) in [5, 5.41) is 0. The van der Waals surface area contributed by atoms with Crippen molar-refractivity contribution < 1.29 is 22.4 Å². The van der Waals surface area contributed by atoms with Gasteiger partial charge in [0.15, 0.2) is 0 Å². The summed E-state index contributed by atoms with van der Waals surface area (Å²) in [5.41, 5.74) is -1.61. The van der Waals surface area contributed by atoms with Crippen molar-refractivity contribution in [3.63, 3.8) is 0 Å². The summed E-state index contributed by atoms with van der Waals surface area (Å²) in [6, 6.07) is 4.94. The lowest BCUT2D eigenvalue weighted by atomic mass is 10.0. The number of rotatable bonds is 2. The fraction of sp³-hybridized carbons (Fsp3) is 0. The fourth-order valence-corrected chi connectivity index (χ4v) is 1.52. The van der Waals surface area contributed by atoms with Crippen LogP contribution in [0.2, 0.25) is 0 Å². The van der Waals surface area contributed by atoms with Gasteiger partial charge in [0.05, 0.1) is 11.1 Å². The number of hydrogen-bond donors (Lipinski definition) is 0. The average molecular weight is 254 g/mol. The SMILES string of the molecule is O=C(c1cc(F)ccc1F)c1c(F)cccc1F. The molecule has 0 N–H and O–H groups in total. The van der Waals surface area contributed by atoms with E-state index in [4.69, 9.17) is 0 Å². The molecule has 0 saturated heterocycles. The van der Waals surface area contributed by atoms with Crippen LogP contribution in [0.4, 0.5) is 17.6 Å². The van der Waals surface area contributed by atoms with E-state index in [1.807, 2.05) is 0 Å². The van der Waals surface area contributed by atoms with Crippen molar-refractivity contribution >= 4 is 5.78 Å². The standard InChI is InChI=1S/C13H6F4O/c14-7-4-5-9(15)8(6-7)13(18)12-10(16)2-1-3-11(12)17/h1-6H. The monoisotopic (exact) mass is 254 g/mol. The minimum absolute atomic E-state index is 0.601. The number of ketones is 1. The van der Waals surface area contributed by atoms with Gasteiger partial charge in [-0.3, -0.25) is 4.79 Å². The van der Waals surface area contributed by atoms with Gasteiger partial charge in [-0.25, -0.2) is 17.6 Å². The van der Waals surface area contributed by atoms with Crippen LogP contribution in [0.5, 0.6) is 0 Å². The Hall–Kier alpha value is -2.17. The summed E-state index contributed by atoms with van der Waals surface area (Å²) in [7, 11) is 0. The highest BCUT2D eigenvalue weighted by atomic mass is 19.1. The molecule has 0 saturated carbocycles. The zero-order chi connectivity index (χ0) is 13.3. The van der Waals surface area contributed by atoms with Crippen LogP contribution in [0.3, 0.4) is 0 Å². The van der Waals surface area contributed by atoms with Gasteiger partial charge in [-0.15, -0.1) is 0 Å². The number of hydrogen-bond acceptors (Lipinski definition) is 1. The van der Waals surface area contributed by atoms with Gasteiger partial charge < -0.3 is 0 Å². The van der Waals surface area contributed by atoms with Crippen molar-refractivity contribution in [1.29, 1.82) is 0 Å². The normalized spacial score (nSPS) is 10.4. The second-order valence-electron chi connectivity index (χ2n) is 3.55. The molecule has 5 heteroatoms. The van der Waals surface area contributed by atoms with Crippen LogP contribution in [-0.4, -0.2) is 5.78 Å². The zero-order valence-corrected chi connectivity index (χ0v) is 8.88. The van der Waals surface area contributed by atoms with Gasteiger partial charge in [-0.1, -0.05) is 6.07 Å². The van der Waals surface area contributed by atoms with Gasteiger partial charge >= 0.3 is 0 Å². The first-order valence-corrected chi connectivity index (χ1v) is 4.94. The Morgan fingerprint density at radius 1 is 0.833 bits per heavy atom. The van der Waals surface area contributed by atoms with E-state index >= 15 is 0 Å². The molecule has 0 fully saturated rings. The van der Waals surface area contributed by atoms with E-state index in [2.05, 4.69) is 0 Å². The molecule has 0 spiro atoms. The van der Waals surface area contributed by atoms with E-state index in [0.717, 1.165) is 30.3 Å². The van der Waals surface area contributed by atoms with Crippen molar-refractivity contribution in [3.8, 4) is 0 Å². The number of carbonyl (C=O) groups is 1. The summed E-state index contributed by atoms with van der Waals surface area (Å²) in [5.74, 6) is -5.38. The third-order valence-corrected chi connectivity index (χ3v) is 2.36. The molecule has 0 amide bonds. The zero-order valence-electron chi connectivity index (χ0n) is 8.88. The van der Waals surface area contributed by atoms with E-state index in [1.165, 1.54) is 0 Å². The Kier molecular flexibility index (Phi) is 3.14. The van der Waals surface area contributed by atoms with Gasteiger partial charge in [-0.05, 0) is 30.3 Å². The molecule has 0 aliphatic rings. The third-order valence-electron chi connectivity index (χ3n) is 2.36. The molecule has 2 aromatic carbocycles. The third kappa shape index (κ3) is 2.11. The number of halogens is 4. The molecule has 0 heterocycles. The Balaban J connectivity index is 2.58. The van der Waals surface area contributed by atoms with Crippen molar-refractivity contribution in [3.05, 3.63) is 70.8 Å². The largest absolute Gasteiger partial charge is 0.288 e. The summed E-state index contributed by atoms with van der Waals surface area (Å²) in [6.07, 6.45) is 0. The quantitative estimate of drug-likeness (QED) is 0.592. The van der Waals surface area contributed by atoms with E-state index in [1.54, 1.807) is 0 Å². The highest BCUT2D eigenvalue weighted by Gasteiger charge is 2.21. The lowest BCUT2D eigenvalue weighted by molar-refractivity contribution is 0.102. The van der Waals surface area contributed by atoms with Crippen LogP contribution in [0.25, 0.3) is 0 Å². The Morgan fingerprint density at radius 2 is 1.44 bits per heavy atom. The maximum atomic E-state index is 13.3. The van der Waals surface area contributed by atoms with Crippen LogP contribution >= 0.6 is 0 Å².